The summed E-state index contributed by atoms with van der Waals surface area (Å²) in [6.07, 6.45) is 0.252. The van der Waals surface area contributed by atoms with E-state index in [1.54, 1.807) is 14.7 Å². The van der Waals surface area contributed by atoms with Gasteiger partial charge < -0.3 is 14.7 Å². The number of nitrogens with zero attached hydrogens (tertiary/aromatic N) is 3. The average Bonchev–Trinajstić information content (AvgIpc) is 3.38. The Bertz CT molecular complexity index is 829. The predicted molar refractivity (Wildman–Crippen MR) is 104 cm³/mol. The number of hydrogen-bond donors (Lipinski definition) is 0. The van der Waals surface area contributed by atoms with Crippen molar-refractivity contribution >= 4 is 34.7 Å². The van der Waals surface area contributed by atoms with Crippen molar-refractivity contribution in [2.45, 2.75) is 6.42 Å². The van der Waals surface area contributed by atoms with Crippen LogP contribution in [0.1, 0.15) is 16.1 Å². The molecule has 2 fully saturated rings. The lowest BCUT2D eigenvalue weighted by Crippen LogP contribution is -2.52. The Hall–Kier alpha value is -2.67. The monoisotopic (exact) mass is 383 g/mol. The molecule has 2 aliphatic heterocycles. The van der Waals surface area contributed by atoms with Crippen LogP contribution in [0.25, 0.3) is 0 Å². The predicted octanol–water partition coefficient (Wildman–Crippen LogP) is 2.09. The summed E-state index contributed by atoms with van der Waals surface area (Å²) in [7, 11) is 0. The van der Waals surface area contributed by atoms with Gasteiger partial charge in [-0.15, -0.1) is 11.3 Å². The molecule has 0 radical (unpaired) electrons. The molecule has 0 N–H and O–H groups in total. The van der Waals surface area contributed by atoms with Crippen molar-refractivity contribution in [3.8, 4) is 0 Å². The fourth-order valence-electron chi connectivity index (χ4n) is 3.67. The number of thiophene rings is 1. The van der Waals surface area contributed by atoms with E-state index >= 15 is 0 Å². The molecule has 6 nitrogen and oxygen atoms in total. The molecule has 27 heavy (non-hydrogen) atoms. The maximum Gasteiger partial charge on any atom is 0.264 e. The lowest BCUT2D eigenvalue weighted by atomic mass is 10.1. The second-order valence-corrected chi connectivity index (χ2v) is 7.78. The maximum atomic E-state index is 12.9. The Morgan fingerprint density at radius 2 is 1.63 bits per heavy atom. The van der Waals surface area contributed by atoms with E-state index in [-0.39, 0.29) is 30.1 Å². The smallest absolute Gasteiger partial charge is 0.264 e. The van der Waals surface area contributed by atoms with Crippen LogP contribution in [0.4, 0.5) is 5.69 Å². The van der Waals surface area contributed by atoms with Crippen molar-refractivity contribution in [3.63, 3.8) is 0 Å². The van der Waals surface area contributed by atoms with Crippen molar-refractivity contribution < 1.29 is 14.4 Å². The summed E-state index contributed by atoms with van der Waals surface area (Å²) in [6, 6.07) is 13.2. The van der Waals surface area contributed by atoms with Gasteiger partial charge in [-0.1, -0.05) is 24.3 Å². The molecule has 0 spiro atoms. The minimum Gasteiger partial charge on any atom is -0.339 e. The first-order valence-electron chi connectivity index (χ1n) is 9.10. The van der Waals surface area contributed by atoms with Crippen LogP contribution < -0.4 is 4.90 Å². The summed E-state index contributed by atoms with van der Waals surface area (Å²) in [4.78, 5) is 43.7. The van der Waals surface area contributed by atoms with Gasteiger partial charge in [-0.3, -0.25) is 14.4 Å². The minimum absolute atomic E-state index is 0.00828. The van der Waals surface area contributed by atoms with E-state index < -0.39 is 0 Å². The number of carbonyl (C=O) groups excluding carboxylic acids is 3. The lowest BCUT2D eigenvalue weighted by molar-refractivity contribution is -0.137. The third kappa shape index (κ3) is 3.60. The minimum atomic E-state index is -0.308. The van der Waals surface area contributed by atoms with Crippen LogP contribution in [0.5, 0.6) is 0 Å². The molecule has 140 valence electrons. The molecule has 0 aliphatic carbocycles. The molecule has 1 unspecified atom stereocenters. The van der Waals surface area contributed by atoms with Crippen molar-refractivity contribution in [1.82, 2.24) is 9.80 Å². The van der Waals surface area contributed by atoms with Gasteiger partial charge in [0.2, 0.25) is 11.8 Å². The van der Waals surface area contributed by atoms with Gasteiger partial charge in [-0.2, -0.15) is 0 Å². The fourth-order valence-corrected chi connectivity index (χ4v) is 4.37. The number of hydrogen-bond acceptors (Lipinski definition) is 4. The zero-order chi connectivity index (χ0) is 18.8. The zero-order valence-electron chi connectivity index (χ0n) is 14.9. The van der Waals surface area contributed by atoms with Crippen LogP contribution in [0.15, 0.2) is 47.8 Å². The standard InChI is InChI=1S/C20H21N3O3S/c24-18-13-15(14-23(18)16-5-2-1-3-6-16)19(25)21-8-10-22(11-9-21)20(26)17-7-4-12-27-17/h1-7,12,15H,8-11,13-14H2. The normalized spacial score (nSPS) is 20.2. The maximum absolute atomic E-state index is 12.9. The van der Waals surface area contributed by atoms with Crippen LogP contribution in [0, 0.1) is 5.92 Å². The van der Waals surface area contributed by atoms with Crippen LogP contribution in [-0.4, -0.2) is 60.2 Å². The number of piperazine rings is 1. The average molecular weight is 383 g/mol. The van der Waals surface area contributed by atoms with E-state index in [2.05, 4.69) is 0 Å². The quantitative estimate of drug-likeness (QED) is 0.815. The van der Waals surface area contributed by atoms with E-state index in [1.165, 1.54) is 11.3 Å². The molecular weight excluding hydrogens is 362 g/mol. The number of benzene rings is 1. The van der Waals surface area contributed by atoms with Gasteiger partial charge in [0.1, 0.15) is 0 Å². The molecule has 7 heteroatoms. The molecule has 2 aromatic rings. The molecule has 1 atom stereocenters. The van der Waals surface area contributed by atoms with E-state index in [1.807, 2.05) is 47.8 Å². The number of anilines is 1. The summed E-state index contributed by atoms with van der Waals surface area (Å²) in [5, 5.41) is 1.89. The number of rotatable bonds is 3. The highest BCUT2D eigenvalue weighted by Gasteiger charge is 2.38. The van der Waals surface area contributed by atoms with Crippen LogP contribution in [0.2, 0.25) is 0 Å². The lowest BCUT2D eigenvalue weighted by Gasteiger charge is -2.35. The van der Waals surface area contributed by atoms with Crippen molar-refractivity contribution in [3.05, 3.63) is 52.7 Å². The van der Waals surface area contributed by atoms with Gasteiger partial charge in [0, 0.05) is 44.8 Å². The molecular formula is C20H21N3O3S. The van der Waals surface area contributed by atoms with E-state index in [9.17, 15) is 14.4 Å². The molecule has 3 heterocycles. The van der Waals surface area contributed by atoms with Gasteiger partial charge in [0.05, 0.1) is 10.8 Å². The third-order valence-electron chi connectivity index (χ3n) is 5.15. The molecule has 4 rings (SSSR count). The first-order chi connectivity index (χ1) is 13.1. The summed E-state index contributed by atoms with van der Waals surface area (Å²) >= 11 is 1.44. The second-order valence-electron chi connectivity index (χ2n) is 6.84. The molecule has 2 aliphatic rings. The van der Waals surface area contributed by atoms with Gasteiger partial charge in [-0.25, -0.2) is 0 Å². The molecule has 0 bridgehead atoms. The summed E-state index contributed by atoms with van der Waals surface area (Å²) < 4.78 is 0. The van der Waals surface area contributed by atoms with Gasteiger partial charge in [0.25, 0.3) is 5.91 Å². The Balaban J connectivity index is 1.35. The van der Waals surface area contributed by atoms with Crippen LogP contribution in [-0.2, 0) is 9.59 Å². The Morgan fingerprint density at radius 1 is 0.926 bits per heavy atom. The highest BCUT2D eigenvalue weighted by Crippen LogP contribution is 2.26. The molecule has 0 saturated carbocycles. The second kappa shape index (κ2) is 7.52. The Morgan fingerprint density at radius 3 is 2.30 bits per heavy atom. The first kappa shape index (κ1) is 17.7. The molecule has 1 aromatic heterocycles. The van der Waals surface area contributed by atoms with Crippen molar-refractivity contribution in [2.75, 3.05) is 37.6 Å². The topological polar surface area (TPSA) is 60.9 Å². The number of amides is 3. The first-order valence-corrected chi connectivity index (χ1v) is 9.98. The Kier molecular flexibility index (Phi) is 4.94. The van der Waals surface area contributed by atoms with Gasteiger partial charge in [0.15, 0.2) is 0 Å². The SMILES string of the molecule is O=C(c1cccs1)N1CCN(C(=O)C2CC(=O)N(c3ccccc3)C2)CC1. The van der Waals surface area contributed by atoms with E-state index in [4.69, 9.17) is 0 Å². The van der Waals surface area contributed by atoms with Crippen molar-refractivity contribution in [1.29, 1.82) is 0 Å². The summed E-state index contributed by atoms with van der Waals surface area (Å²) in [5.41, 5.74) is 0.837. The number of para-hydroxylation sites is 1. The Labute approximate surface area is 162 Å². The van der Waals surface area contributed by atoms with E-state index in [0.29, 0.717) is 32.7 Å². The highest BCUT2D eigenvalue weighted by molar-refractivity contribution is 7.12. The van der Waals surface area contributed by atoms with Gasteiger partial charge >= 0.3 is 0 Å². The third-order valence-corrected chi connectivity index (χ3v) is 6.01. The van der Waals surface area contributed by atoms with E-state index in [0.717, 1.165) is 10.6 Å². The summed E-state index contributed by atoms with van der Waals surface area (Å²) in [6.45, 7) is 2.53. The summed E-state index contributed by atoms with van der Waals surface area (Å²) in [5.74, 6) is -0.267. The number of carbonyl (C=O) groups is 3. The largest absolute Gasteiger partial charge is 0.339 e. The van der Waals surface area contributed by atoms with Crippen LogP contribution in [0.3, 0.4) is 0 Å². The fraction of sp³-hybridized carbons (Fsp3) is 0.350. The van der Waals surface area contributed by atoms with Crippen LogP contribution >= 0.6 is 11.3 Å². The molecule has 3 amide bonds. The van der Waals surface area contributed by atoms with Crippen molar-refractivity contribution in [2.24, 2.45) is 5.92 Å². The zero-order valence-corrected chi connectivity index (χ0v) is 15.7. The molecule has 1 aromatic carbocycles. The van der Waals surface area contributed by atoms with Gasteiger partial charge in [-0.05, 0) is 23.6 Å². The molecule has 2 saturated heterocycles. The highest BCUT2D eigenvalue weighted by atomic mass is 32.1.